The van der Waals surface area contributed by atoms with Gasteiger partial charge in [-0.2, -0.15) is 0 Å². The lowest BCUT2D eigenvalue weighted by Crippen LogP contribution is -2.61. The van der Waals surface area contributed by atoms with Gasteiger partial charge in [-0.1, -0.05) is 19.9 Å². The molecular formula is C14H19NO3. The van der Waals surface area contributed by atoms with Gasteiger partial charge >= 0.3 is 0 Å². The summed E-state index contributed by atoms with van der Waals surface area (Å²) in [6.45, 7) is 5.58. The number of hydrogen-bond acceptors (Lipinski definition) is 3. The lowest BCUT2D eigenvalue weighted by atomic mass is 9.64. The standard InChI is InChI=1S/C14H19NO3/c1-8-9(5-4-6-10(8)16)13(18)15-11-7-12(17)14(11,2)3/h4-6,11-12,16-17H,7H2,1-3H3,(H,15,18). The average Bonchev–Trinajstić information content (AvgIpc) is 2.32. The van der Waals surface area contributed by atoms with E-state index in [1.54, 1.807) is 25.1 Å². The van der Waals surface area contributed by atoms with Gasteiger partial charge in [0.15, 0.2) is 0 Å². The van der Waals surface area contributed by atoms with Gasteiger partial charge in [0.05, 0.1) is 6.10 Å². The zero-order valence-corrected chi connectivity index (χ0v) is 10.9. The molecule has 18 heavy (non-hydrogen) atoms. The van der Waals surface area contributed by atoms with Crippen LogP contribution in [0.4, 0.5) is 0 Å². The Hall–Kier alpha value is -1.55. The number of carbonyl (C=O) groups excluding carboxylic acids is 1. The van der Waals surface area contributed by atoms with E-state index >= 15 is 0 Å². The maximum Gasteiger partial charge on any atom is 0.251 e. The Morgan fingerprint density at radius 1 is 1.44 bits per heavy atom. The first kappa shape index (κ1) is 12.9. The van der Waals surface area contributed by atoms with Crippen molar-refractivity contribution < 1.29 is 15.0 Å². The van der Waals surface area contributed by atoms with Crippen molar-refractivity contribution in [3.63, 3.8) is 0 Å². The van der Waals surface area contributed by atoms with E-state index in [1.807, 2.05) is 13.8 Å². The summed E-state index contributed by atoms with van der Waals surface area (Å²) in [5, 5.41) is 22.1. The van der Waals surface area contributed by atoms with Crippen molar-refractivity contribution in [3.05, 3.63) is 29.3 Å². The fourth-order valence-corrected chi connectivity index (χ4v) is 2.25. The van der Waals surface area contributed by atoms with Crippen LogP contribution in [0.5, 0.6) is 5.75 Å². The van der Waals surface area contributed by atoms with Crippen LogP contribution >= 0.6 is 0 Å². The predicted molar refractivity (Wildman–Crippen MR) is 68.5 cm³/mol. The third-order valence-corrected chi connectivity index (χ3v) is 4.07. The van der Waals surface area contributed by atoms with Crippen LogP contribution in [0, 0.1) is 12.3 Å². The fraction of sp³-hybridized carbons (Fsp3) is 0.500. The van der Waals surface area contributed by atoms with Gasteiger partial charge in [0.2, 0.25) is 0 Å². The maximum atomic E-state index is 12.1. The van der Waals surface area contributed by atoms with Gasteiger partial charge in [-0.05, 0) is 25.5 Å². The second kappa shape index (κ2) is 4.28. The van der Waals surface area contributed by atoms with Crippen molar-refractivity contribution in [1.82, 2.24) is 5.32 Å². The summed E-state index contributed by atoms with van der Waals surface area (Å²) in [7, 11) is 0. The van der Waals surface area contributed by atoms with E-state index in [2.05, 4.69) is 5.32 Å². The molecule has 0 bridgehead atoms. The van der Waals surface area contributed by atoms with E-state index in [-0.39, 0.29) is 29.2 Å². The van der Waals surface area contributed by atoms with Gasteiger partial charge in [0, 0.05) is 22.6 Å². The van der Waals surface area contributed by atoms with Crippen LogP contribution in [0.25, 0.3) is 0 Å². The molecule has 1 aromatic rings. The molecule has 0 saturated heterocycles. The molecule has 1 aromatic carbocycles. The molecule has 2 unspecified atom stereocenters. The molecule has 0 aliphatic heterocycles. The zero-order valence-electron chi connectivity index (χ0n) is 10.9. The van der Waals surface area contributed by atoms with E-state index in [0.29, 0.717) is 17.5 Å². The first-order chi connectivity index (χ1) is 8.34. The summed E-state index contributed by atoms with van der Waals surface area (Å²) in [6.07, 6.45) is 0.212. The summed E-state index contributed by atoms with van der Waals surface area (Å²) < 4.78 is 0. The van der Waals surface area contributed by atoms with Crippen molar-refractivity contribution in [2.45, 2.75) is 39.3 Å². The Morgan fingerprint density at radius 3 is 2.67 bits per heavy atom. The summed E-state index contributed by atoms with van der Waals surface area (Å²) in [5.41, 5.74) is 0.764. The van der Waals surface area contributed by atoms with Crippen molar-refractivity contribution in [2.24, 2.45) is 5.41 Å². The van der Waals surface area contributed by atoms with E-state index < -0.39 is 0 Å². The van der Waals surface area contributed by atoms with Crippen molar-refractivity contribution in [1.29, 1.82) is 0 Å². The van der Waals surface area contributed by atoms with E-state index in [9.17, 15) is 15.0 Å². The monoisotopic (exact) mass is 249 g/mol. The van der Waals surface area contributed by atoms with Crippen LogP contribution in [0.3, 0.4) is 0 Å². The van der Waals surface area contributed by atoms with Gasteiger partial charge in [-0.15, -0.1) is 0 Å². The first-order valence-electron chi connectivity index (χ1n) is 6.11. The number of aromatic hydroxyl groups is 1. The van der Waals surface area contributed by atoms with Crippen molar-refractivity contribution >= 4 is 5.91 Å². The van der Waals surface area contributed by atoms with Crippen LogP contribution in [0.1, 0.15) is 36.2 Å². The lowest BCUT2D eigenvalue weighted by Gasteiger charge is -2.49. The molecule has 1 amide bonds. The molecule has 0 heterocycles. The normalized spacial score (nSPS) is 25.3. The van der Waals surface area contributed by atoms with Gasteiger partial charge in [0.25, 0.3) is 5.91 Å². The molecule has 4 heteroatoms. The number of hydrogen-bond donors (Lipinski definition) is 3. The number of phenols is 1. The summed E-state index contributed by atoms with van der Waals surface area (Å²) in [4.78, 5) is 12.1. The highest BCUT2D eigenvalue weighted by atomic mass is 16.3. The molecule has 0 aromatic heterocycles. The molecule has 98 valence electrons. The number of carbonyl (C=O) groups is 1. The molecule has 1 saturated carbocycles. The highest BCUT2D eigenvalue weighted by Gasteiger charge is 2.48. The Balaban J connectivity index is 2.12. The highest BCUT2D eigenvalue weighted by molar-refractivity contribution is 5.96. The molecule has 2 atom stereocenters. The van der Waals surface area contributed by atoms with Crippen LogP contribution in [0.2, 0.25) is 0 Å². The number of aliphatic hydroxyl groups is 1. The fourth-order valence-electron chi connectivity index (χ4n) is 2.25. The van der Waals surface area contributed by atoms with E-state index in [0.717, 1.165) is 0 Å². The van der Waals surface area contributed by atoms with Gasteiger partial charge in [-0.25, -0.2) is 0 Å². The number of amides is 1. The number of aliphatic hydroxyl groups excluding tert-OH is 1. The topological polar surface area (TPSA) is 69.6 Å². The van der Waals surface area contributed by atoms with Crippen LogP contribution < -0.4 is 5.32 Å². The van der Waals surface area contributed by atoms with Crippen LogP contribution in [-0.2, 0) is 0 Å². The molecule has 3 N–H and O–H groups in total. The number of phenolic OH excluding ortho intramolecular Hbond substituents is 1. The second-order valence-corrected chi connectivity index (χ2v) is 5.55. The third-order valence-electron chi connectivity index (χ3n) is 4.07. The van der Waals surface area contributed by atoms with E-state index in [1.165, 1.54) is 0 Å². The third kappa shape index (κ3) is 1.97. The Bertz CT molecular complexity index is 482. The highest BCUT2D eigenvalue weighted by Crippen LogP contribution is 2.40. The molecule has 0 radical (unpaired) electrons. The van der Waals surface area contributed by atoms with Gasteiger partial charge in [0.1, 0.15) is 5.75 Å². The first-order valence-corrected chi connectivity index (χ1v) is 6.11. The zero-order chi connectivity index (χ0) is 13.5. The Kier molecular flexibility index (Phi) is 3.07. The molecular weight excluding hydrogens is 230 g/mol. The Morgan fingerprint density at radius 2 is 2.11 bits per heavy atom. The minimum atomic E-state index is -0.368. The largest absolute Gasteiger partial charge is 0.508 e. The van der Waals surface area contributed by atoms with Crippen LogP contribution in [0.15, 0.2) is 18.2 Å². The van der Waals surface area contributed by atoms with Crippen LogP contribution in [-0.4, -0.2) is 28.3 Å². The minimum absolute atomic E-state index is 0.0262. The molecule has 1 aliphatic carbocycles. The van der Waals surface area contributed by atoms with Gasteiger partial charge in [-0.3, -0.25) is 4.79 Å². The van der Waals surface area contributed by atoms with E-state index in [4.69, 9.17) is 0 Å². The second-order valence-electron chi connectivity index (χ2n) is 5.55. The minimum Gasteiger partial charge on any atom is -0.508 e. The van der Waals surface area contributed by atoms with Crippen molar-refractivity contribution in [3.8, 4) is 5.75 Å². The Labute approximate surface area is 107 Å². The molecule has 1 aliphatic rings. The number of rotatable bonds is 2. The molecule has 4 nitrogen and oxygen atoms in total. The SMILES string of the molecule is Cc1c(O)cccc1C(=O)NC1CC(O)C1(C)C. The average molecular weight is 249 g/mol. The molecule has 0 spiro atoms. The smallest absolute Gasteiger partial charge is 0.251 e. The quantitative estimate of drug-likeness (QED) is 0.745. The maximum absolute atomic E-state index is 12.1. The summed E-state index contributed by atoms with van der Waals surface area (Å²) in [6, 6.07) is 4.87. The van der Waals surface area contributed by atoms with Gasteiger partial charge < -0.3 is 15.5 Å². The summed E-state index contributed by atoms with van der Waals surface area (Å²) >= 11 is 0. The number of nitrogens with one attached hydrogen (secondary N) is 1. The predicted octanol–water partition coefficient (Wildman–Crippen LogP) is 1.59. The van der Waals surface area contributed by atoms with Crippen molar-refractivity contribution in [2.75, 3.05) is 0 Å². The molecule has 2 rings (SSSR count). The lowest BCUT2D eigenvalue weighted by molar-refractivity contribution is -0.0689. The molecule has 1 fully saturated rings. The number of benzene rings is 1. The summed E-state index contributed by atoms with van der Waals surface area (Å²) in [5.74, 6) is -0.0797.